The number of hydrogen-bond donors (Lipinski definition) is 2. The molecule has 1 aliphatic heterocycles. The molecule has 2 aromatic heterocycles. The molecule has 2 amide bonds. The minimum absolute atomic E-state index is 0.0279. The topological polar surface area (TPSA) is 71.1 Å². The normalized spacial score (nSPS) is 18.5. The van der Waals surface area contributed by atoms with Crippen molar-refractivity contribution in [2.45, 2.75) is 38.5 Å². The Kier molecular flexibility index (Phi) is 3.33. The van der Waals surface area contributed by atoms with Gasteiger partial charge in [-0.05, 0) is 37.3 Å². The highest BCUT2D eigenvalue weighted by molar-refractivity contribution is 7.21. The first-order chi connectivity index (χ1) is 10.7. The summed E-state index contributed by atoms with van der Waals surface area (Å²) in [6.07, 6.45) is 6.92. The Hall–Kier alpha value is -1.95. The monoisotopic (exact) mass is 315 g/mol. The number of aromatic nitrogens is 1. The second-order valence-electron chi connectivity index (χ2n) is 5.90. The maximum Gasteiger partial charge on any atom is 0.264 e. The van der Waals surface area contributed by atoms with Crippen molar-refractivity contribution in [3.63, 3.8) is 0 Å². The fourth-order valence-corrected chi connectivity index (χ4v) is 4.25. The van der Waals surface area contributed by atoms with Crippen molar-refractivity contribution in [1.29, 1.82) is 0 Å². The van der Waals surface area contributed by atoms with Gasteiger partial charge in [0.05, 0.1) is 12.2 Å². The minimum atomic E-state index is -0.191. The molecule has 0 radical (unpaired) electrons. The van der Waals surface area contributed by atoms with E-state index < -0.39 is 0 Å². The number of nitrogens with zero attached hydrogens (tertiary/aromatic N) is 1. The summed E-state index contributed by atoms with van der Waals surface area (Å²) in [4.78, 5) is 30.1. The van der Waals surface area contributed by atoms with Gasteiger partial charge in [0.25, 0.3) is 5.91 Å². The number of carbonyl (C=O) groups excluding carboxylic acids is 2. The molecule has 0 atom stereocenters. The fourth-order valence-electron chi connectivity index (χ4n) is 3.20. The maximum absolute atomic E-state index is 12.1. The van der Waals surface area contributed by atoms with Gasteiger partial charge in [-0.15, -0.1) is 11.3 Å². The van der Waals surface area contributed by atoms with Crippen LogP contribution in [0.2, 0.25) is 0 Å². The van der Waals surface area contributed by atoms with E-state index in [-0.39, 0.29) is 18.4 Å². The first-order valence-electron chi connectivity index (χ1n) is 7.76. The van der Waals surface area contributed by atoms with E-state index in [2.05, 4.69) is 16.7 Å². The number of anilines is 1. The predicted molar refractivity (Wildman–Crippen MR) is 86.5 cm³/mol. The number of pyridine rings is 1. The number of carbonyl (C=O) groups is 2. The summed E-state index contributed by atoms with van der Waals surface area (Å²) >= 11 is 1.37. The van der Waals surface area contributed by atoms with Gasteiger partial charge in [-0.3, -0.25) is 9.59 Å². The lowest BCUT2D eigenvalue weighted by Gasteiger charge is -2.13. The molecule has 0 bridgehead atoms. The van der Waals surface area contributed by atoms with Gasteiger partial charge >= 0.3 is 0 Å². The zero-order valence-corrected chi connectivity index (χ0v) is 13.0. The van der Waals surface area contributed by atoms with Crippen LogP contribution in [0.25, 0.3) is 10.2 Å². The number of nitrogens with one attached hydrogen (secondary N) is 2. The average molecular weight is 315 g/mol. The molecule has 114 valence electrons. The summed E-state index contributed by atoms with van der Waals surface area (Å²) < 4.78 is 0. The quantitative estimate of drug-likeness (QED) is 0.785. The third-order valence-corrected chi connectivity index (χ3v) is 5.44. The van der Waals surface area contributed by atoms with Gasteiger partial charge in [-0.1, -0.05) is 12.8 Å². The Morgan fingerprint density at radius 3 is 2.77 bits per heavy atom. The van der Waals surface area contributed by atoms with Crippen LogP contribution in [0, 0.1) is 0 Å². The number of hydrogen-bond acceptors (Lipinski definition) is 4. The zero-order chi connectivity index (χ0) is 15.1. The number of rotatable bonds is 0. The van der Waals surface area contributed by atoms with E-state index in [4.69, 9.17) is 4.98 Å². The van der Waals surface area contributed by atoms with Crippen LogP contribution in [-0.4, -0.2) is 23.3 Å². The molecule has 2 N–H and O–H groups in total. The minimum Gasteiger partial charge on any atom is -0.342 e. The third kappa shape index (κ3) is 2.27. The summed E-state index contributed by atoms with van der Waals surface area (Å²) in [7, 11) is 0. The van der Waals surface area contributed by atoms with Crippen LogP contribution in [0.5, 0.6) is 0 Å². The van der Waals surface area contributed by atoms with Gasteiger partial charge in [0.15, 0.2) is 0 Å². The van der Waals surface area contributed by atoms with E-state index >= 15 is 0 Å². The summed E-state index contributed by atoms with van der Waals surface area (Å²) in [6, 6.07) is 2.14. The van der Waals surface area contributed by atoms with Crippen LogP contribution < -0.4 is 10.6 Å². The standard InChI is InChI=1S/C16H17N3O2S/c20-12-8-17-15(21)14-13(19-12)10-7-9-5-3-1-2-4-6-11(9)18-16(10)22-14/h7H,1-6,8H2,(H,17,21)(H,19,20). The first-order valence-corrected chi connectivity index (χ1v) is 8.57. The lowest BCUT2D eigenvalue weighted by atomic mass is 9.96. The van der Waals surface area contributed by atoms with Gasteiger partial charge in [0.1, 0.15) is 9.71 Å². The molecule has 4 rings (SSSR count). The molecule has 0 aromatic carbocycles. The molecule has 1 aliphatic carbocycles. The predicted octanol–water partition coefficient (Wildman–Crippen LogP) is 2.64. The van der Waals surface area contributed by atoms with Crippen molar-refractivity contribution in [1.82, 2.24) is 10.3 Å². The average Bonchev–Trinajstić information content (AvgIpc) is 2.75. The van der Waals surface area contributed by atoms with Crippen molar-refractivity contribution in [2.24, 2.45) is 0 Å². The molecule has 6 heteroatoms. The number of thiophene rings is 1. The van der Waals surface area contributed by atoms with E-state index in [9.17, 15) is 9.59 Å². The number of fused-ring (bicyclic) bond motifs is 4. The van der Waals surface area contributed by atoms with E-state index in [1.54, 1.807) is 0 Å². The van der Waals surface area contributed by atoms with Crippen molar-refractivity contribution in [2.75, 3.05) is 11.9 Å². The Balaban J connectivity index is 1.89. The maximum atomic E-state index is 12.1. The highest BCUT2D eigenvalue weighted by Crippen LogP contribution is 2.37. The van der Waals surface area contributed by atoms with Gasteiger partial charge in [-0.25, -0.2) is 4.98 Å². The molecule has 5 nitrogen and oxygen atoms in total. The molecule has 2 aromatic rings. The molecule has 2 aliphatic rings. The van der Waals surface area contributed by atoms with Gasteiger partial charge < -0.3 is 10.6 Å². The second kappa shape index (κ2) is 5.35. The Morgan fingerprint density at radius 2 is 1.91 bits per heavy atom. The Labute approximate surface area is 132 Å². The van der Waals surface area contributed by atoms with Crippen LogP contribution in [0.4, 0.5) is 5.69 Å². The molecule has 22 heavy (non-hydrogen) atoms. The van der Waals surface area contributed by atoms with E-state index in [0.29, 0.717) is 10.6 Å². The van der Waals surface area contributed by atoms with Crippen molar-refractivity contribution in [3.05, 3.63) is 22.2 Å². The highest BCUT2D eigenvalue weighted by atomic mass is 32.1. The summed E-state index contributed by atoms with van der Waals surface area (Å²) in [5, 5.41) is 6.40. The second-order valence-corrected chi connectivity index (χ2v) is 6.90. The summed E-state index contributed by atoms with van der Waals surface area (Å²) in [5.74, 6) is -0.373. The van der Waals surface area contributed by atoms with Gasteiger partial charge in [0.2, 0.25) is 5.91 Å². The lowest BCUT2D eigenvalue weighted by molar-refractivity contribution is -0.115. The molecule has 0 unspecified atom stereocenters. The van der Waals surface area contributed by atoms with Gasteiger partial charge in [0, 0.05) is 11.1 Å². The fraction of sp³-hybridized carbons (Fsp3) is 0.438. The molecular formula is C16H17N3O2S. The molecular weight excluding hydrogens is 298 g/mol. The smallest absolute Gasteiger partial charge is 0.264 e. The van der Waals surface area contributed by atoms with Crippen LogP contribution in [0.3, 0.4) is 0 Å². The van der Waals surface area contributed by atoms with E-state index in [0.717, 1.165) is 28.8 Å². The molecule has 3 heterocycles. The van der Waals surface area contributed by atoms with Crippen molar-refractivity contribution < 1.29 is 9.59 Å². The van der Waals surface area contributed by atoms with E-state index in [1.165, 1.54) is 42.6 Å². The van der Waals surface area contributed by atoms with Gasteiger partial charge in [-0.2, -0.15) is 0 Å². The molecule has 0 spiro atoms. The lowest BCUT2D eigenvalue weighted by Crippen LogP contribution is -2.28. The van der Waals surface area contributed by atoms with Crippen LogP contribution in [-0.2, 0) is 17.6 Å². The highest BCUT2D eigenvalue weighted by Gasteiger charge is 2.25. The third-order valence-electron chi connectivity index (χ3n) is 4.34. The number of amides is 2. The Morgan fingerprint density at radius 1 is 1.09 bits per heavy atom. The molecule has 0 fully saturated rings. The van der Waals surface area contributed by atoms with Crippen LogP contribution in [0.1, 0.15) is 46.6 Å². The zero-order valence-electron chi connectivity index (χ0n) is 12.2. The summed E-state index contributed by atoms with van der Waals surface area (Å²) in [6.45, 7) is 0.0279. The first kappa shape index (κ1) is 13.7. The van der Waals surface area contributed by atoms with Crippen LogP contribution in [0.15, 0.2) is 6.07 Å². The summed E-state index contributed by atoms with van der Waals surface area (Å²) in [5.41, 5.74) is 3.07. The van der Waals surface area contributed by atoms with Crippen molar-refractivity contribution >= 4 is 39.1 Å². The molecule has 0 saturated heterocycles. The molecule has 0 saturated carbocycles. The van der Waals surface area contributed by atoms with Crippen molar-refractivity contribution in [3.8, 4) is 0 Å². The largest absolute Gasteiger partial charge is 0.342 e. The number of aryl methyl sites for hydroxylation is 2. The van der Waals surface area contributed by atoms with E-state index in [1.807, 2.05) is 0 Å². The van der Waals surface area contributed by atoms with Crippen LogP contribution >= 0.6 is 11.3 Å². The SMILES string of the molecule is O=C1CNC(=O)c2sc3nc4c(cc3c2N1)CCCCCC4. The Bertz CT molecular complexity index is 781.